The number of rotatable bonds is 5. The van der Waals surface area contributed by atoms with Gasteiger partial charge in [-0.25, -0.2) is 14.0 Å². The molecular formula is C20H22FN3O6. The number of nitro benzene ring substituents is 1. The van der Waals surface area contributed by atoms with E-state index in [2.05, 4.69) is 9.80 Å². The second-order valence-corrected chi connectivity index (χ2v) is 6.67. The number of benzene rings is 2. The molecule has 2 N–H and O–H groups in total. The quantitative estimate of drug-likeness (QED) is 0.429. The average Bonchev–Trinajstić information content (AvgIpc) is 2.72. The van der Waals surface area contributed by atoms with E-state index in [9.17, 15) is 14.5 Å². The van der Waals surface area contributed by atoms with Gasteiger partial charge in [-0.3, -0.25) is 19.9 Å². The normalized spacial score (nSPS) is 14.4. The van der Waals surface area contributed by atoms with Crippen LogP contribution < -0.4 is 0 Å². The van der Waals surface area contributed by atoms with Crippen molar-refractivity contribution in [2.45, 2.75) is 13.1 Å². The van der Waals surface area contributed by atoms with E-state index in [1.165, 1.54) is 12.1 Å². The number of hydrogen-bond donors (Lipinski definition) is 2. The molecule has 30 heavy (non-hydrogen) atoms. The Labute approximate surface area is 172 Å². The Bertz CT molecular complexity index is 870. The summed E-state index contributed by atoms with van der Waals surface area (Å²) in [5, 5.41) is 25.9. The number of hydrogen-bond acceptors (Lipinski definition) is 6. The van der Waals surface area contributed by atoms with Crippen LogP contribution in [-0.2, 0) is 22.7 Å². The summed E-state index contributed by atoms with van der Waals surface area (Å²) < 4.78 is 12.9. The molecule has 1 heterocycles. The zero-order valence-corrected chi connectivity index (χ0v) is 16.1. The maximum absolute atomic E-state index is 12.9. The van der Waals surface area contributed by atoms with Crippen molar-refractivity contribution in [1.82, 2.24) is 9.80 Å². The van der Waals surface area contributed by atoms with Gasteiger partial charge in [-0.05, 0) is 17.7 Å². The highest BCUT2D eigenvalue weighted by Gasteiger charge is 2.20. The van der Waals surface area contributed by atoms with Gasteiger partial charge in [0.1, 0.15) is 5.82 Å². The highest BCUT2D eigenvalue weighted by atomic mass is 19.1. The van der Waals surface area contributed by atoms with Gasteiger partial charge in [0.05, 0.1) is 4.92 Å². The fourth-order valence-electron chi connectivity index (χ4n) is 3.02. The van der Waals surface area contributed by atoms with Gasteiger partial charge in [-0.15, -0.1) is 0 Å². The first-order valence-corrected chi connectivity index (χ1v) is 9.14. The number of carboxylic acids is 2. The van der Waals surface area contributed by atoms with Gasteiger partial charge in [-0.2, -0.15) is 0 Å². The first-order valence-electron chi connectivity index (χ1n) is 9.14. The summed E-state index contributed by atoms with van der Waals surface area (Å²) in [6.45, 7) is 4.94. The van der Waals surface area contributed by atoms with Crippen molar-refractivity contribution in [2.75, 3.05) is 26.2 Å². The number of aliphatic carboxylic acids is 2. The number of halogens is 1. The molecule has 0 radical (unpaired) electrons. The Morgan fingerprint density at radius 3 is 1.90 bits per heavy atom. The van der Waals surface area contributed by atoms with Crippen molar-refractivity contribution >= 4 is 17.6 Å². The molecule has 10 heteroatoms. The van der Waals surface area contributed by atoms with Gasteiger partial charge >= 0.3 is 11.9 Å². The van der Waals surface area contributed by atoms with E-state index >= 15 is 0 Å². The van der Waals surface area contributed by atoms with Gasteiger partial charge in [0, 0.05) is 50.9 Å². The molecule has 1 aliphatic rings. The topological polar surface area (TPSA) is 124 Å². The molecule has 9 nitrogen and oxygen atoms in total. The molecule has 1 fully saturated rings. The zero-order chi connectivity index (χ0) is 22.1. The maximum Gasteiger partial charge on any atom is 0.414 e. The lowest BCUT2D eigenvalue weighted by Crippen LogP contribution is -2.45. The zero-order valence-electron chi connectivity index (χ0n) is 16.1. The Hall–Kier alpha value is -3.37. The predicted octanol–water partition coefficient (Wildman–Crippen LogP) is 2.21. The summed E-state index contributed by atoms with van der Waals surface area (Å²) in [6, 6.07) is 13.5. The first kappa shape index (κ1) is 22.9. The average molecular weight is 419 g/mol. The van der Waals surface area contributed by atoms with Gasteiger partial charge in [0.2, 0.25) is 0 Å². The number of carbonyl (C=O) groups is 2. The second-order valence-electron chi connectivity index (χ2n) is 6.67. The molecule has 160 valence electrons. The maximum atomic E-state index is 12.9. The van der Waals surface area contributed by atoms with Crippen molar-refractivity contribution in [2.24, 2.45) is 0 Å². The van der Waals surface area contributed by atoms with Crippen LogP contribution in [0.15, 0.2) is 48.5 Å². The molecule has 0 amide bonds. The van der Waals surface area contributed by atoms with Crippen molar-refractivity contribution < 1.29 is 29.1 Å². The summed E-state index contributed by atoms with van der Waals surface area (Å²) in [5.74, 6) is -3.86. The Balaban J connectivity index is 0.000000469. The fraction of sp³-hybridized carbons (Fsp3) is 0.300. The monoisotopic (exact) mass is 419 g/mol. The lowest BCUT2D eigenvalue weighted by Gasteiger charge is -2.34. The molecule has 2 aromatic rings. The van der Waals surface area contributed by atoms with Crippen LogP contribution in [-0.4, -0.2) is 63.1 Å². The molecule has 0 aliphatic carbocycles. The van der Waals surface area contributed by atoms with E-state index in [4.69, 9.17) is 19.8 Å². The van der Waals surface area contributed by atoms with Crippen LogP contribution in [0.2, 0.25) is 0 Å². The molecule has 0 spiro atoms. The molecule has 3 rings (SSSR count). The minimum absolute atomic E-state index is 0.186. The van der Waals surface area contributed by atoms with E-state index < -0.39 is 11.9 Å². The lowest BCUT2D eigenvalue weighted by molar-refractivity contribution is -0.385. The minimum atomic E-state index is -1.82. The number of piperazine rings is 1. The molecule has 0 bridgehead atoms. The molecule has 1 aliphatic heterocycles. The van der Waals surface area contributed by atoms with Crippen LogP contribution in [0.5, 0.6) is 0 Å². The van der Waals surface area contributed by atoms with Crippen molar-refractivity contribution in [3.05, 3.63) is 75.6 Å². The van der Waals surface area contributed by atoms with E-state index in [0.29, 0.717) is 6.54 Å². The van der Waals surface area contributed by atoms with Crippen LogP contribution >= 0.6 is 0 Å². The lowest BCUT2D eigenvalue weighted by atomic mass is 10.1. The van der Waals surface area contributed by atoms with Crippen LogP contribution in [0.25, 0.3) is 0 Å². The van der Waals surface area contributed by atoms with Crippen molar-refractivity contribution in [3.63, 3.8) is 0 Å². The first-order chi connectivity index (χ1) is 14.3. The minimum Gasteiger partial charge on any atom is -0.473 e. The number of nitro groups is 1. The van der Waals surface area contributed by atoms with Crippen LogP contribution in [0, 0.1) is 15.9 Å². The predicted molar refractivity (Wildman–Crippen MR) is 105 cm³/mol. The van der Waals surface area contributed by atoms with Crippen molar-refractivity contribution in [1.29, 1.82) is 0 Å². The third-order valence-corrected chi connectivity index (χ3v) is 4.55. The largest absolute Gasteiger partial charge is 0.473 e. The highest BCUT2D eigenvalue weighted by Crippen LogP contribution is 2.20. The molecule has 0 atom stereocenters. The van der Waals surface area contributed by atoms with Gasteiger partial charge < -0.3 is 10.2 Å². The third kappa shape index (κ3) is 7.22. The Kier molecular flexibility index (Phi) is 8.39. The number of para-hydroxylation sites is 1. The molecule has 2 aromatic carbocycles. The van der Waals surface area contributed by atoms with Gasteiger partial charge in [-0.1, -0.05) is 30.3 Å². The van der Waals surface area contributed by atoms with E-state index in [0.717, 1.165) is 43.9 Å². The van der Waals surface area contributed by atoms with E-state index in [1.807, 2.05) is 24.3 Å². The molecule has 0 aromatic heterocycles. The molecule has 1 saturated heterocycles. The van der Waals surface area contributed by atoms with Crippen molar-refractivity contribution in [3.8, 4) is 0 Å². The summed E-state index contributed by atoms with van der Waals surface area (Å²) in [7, 11) is 0. The smallest absolute Gasteiger partial charge is 0.414 e. The SMILES string of the molecule is O=C(O)C(=O)O.O=[N+]([O-])c1ccccc1CN1CCN(Cc2ccc(F)cc2)CC1. The van der Waals surface area contributed by atoms with Gasteiger partial charge in [0.25, 0.3) is 5.69 Å². The Morgan fingerprint density at radius 2 is 1.40 bits per heavy atom. The van der Waals surface area contributed by atoms with Gasteiger partial charge in [0.15, 0.2) is 0 Å². The highest BCUT2D eigenvalue weighted by molar-refractivity contribution is 6.27. The number of carboxylic acid groups (broad SMARTS) is 2. The van der Waals surface area contributed by atoms with E-state index in [-0.39, 0.29) is 16.4 Å². The van der Waals surface area contributed by atoms with Crippen LogP contribution in [0.4, 0.5) is 10.1 Å². The summed E-state index contributed by atoms with van der Waals surface area (Å²) in [4.78, 5) is 33.5. The second kappa shape index (κ2) is 11.0. The fourth-order valence-corrected chi connectivity index (χ4v) is 3.02. The number of nitrogens with zero attached hydrogens (tertiary/aromatic N) is 3. The van der Waals surface area contributed by atoms with Crippen LogP contribution in [0.3, 0.4) is 0 Å². The summed E-state index contributed by atoms with van der Waals surface area (Å²) in [5.41, 5.74) is 2.05. The molecule has 0 unspecified atom stereocenters. The summed E-state index contributed by atoms with van der Waals surface area (Å²) >= 11 is 0. The standard InChI is InChI=1S/C18H20FN3O2.C2H2O4/c19-17-7-5-15(6-8-17)13-20-9-11-21(12-10-20)14-16-3-1-2-4-18(16)22(23)24;3-1(4)2(5)6/h1-8H,9-14H2;(H,3,4)(H,5,6). The van der Waals surface area contributed by atoms with Crippen LogP contribution in [0.1, 0.15) is 11.1 Å². The summed E-state index contributed by atoms with van der Waals surface area (Å²) in [6.07, 6.45) is 0. The third-order valence-electron chi connectivity index (χ3n) is 4.55. The molecule has 0 saturated carbocycles. The van der Waals surface area contributed by atoms with E-state index in [1.54, 1.807) is 12.1 Å². The molecular weight excluding hydrogens is 397 g/mol. The Morgan fingerprint density at radius 1 is 0.900 bits per heavy atom.